The van der Waals surface area contributed by atoms with E-state index in [1.165, 1.54) is 14.2 Å². The van der Waals surface area contributed by atoms with Crippen molar-refractivity contribution in [1.29, 1.82) is 0 Å². The molecule has 0 saturated carbocycles. The molecule has 0 aliphatic carbocycles. The summed E-state index contributed by atoms with van der Waals surface area (Å²) in [4.78, 5) is 0. The third-order valence-electron chi connectivity index (χ3n) is 2.28. The first kappa shape index (κ1) is 16.7. The largest absolute Gasteiger partial charge is 0.504 e. The normalized spacial score (nSPS) is 9.40. The Morgan fingerprint density at radius 3 is 1.80 bits per heavy atom. The predicted octanol–water partition coefficient (Wildman–Crippen LogP) is 4.33. The molecule has 2 aromatic carbocycles. The zero-order chi connectivity index (χ0) is 15.1. The van der Waals surface area contributed by atoms with Gasteiger partial charge in [-0.05, 0) is 36.4 Å². The predicted molar refractivity (Wildman–Crippen MR) is 84.7 cm³/mol. The van der Waals surface area contributed by atoms with Gasteiger partial charge in [-0.25, -0.2) is 0 Å². The van der Waals surface area contributed by atoms with Crippen molar-refractivity contribution in [3.05, 3.63) is 45.3 Å². The van der Waals surface area contributed by atoms with Crippen molar-refractivity contribution in [2.75, 3.05) is 14.2 Å². The Morgan fingerprint density at radius 2 is 1.30 bits per heavy atom. The van der Waals surface area contributed by atoms with E-state index in [0.717, 1.165) is 8.95 Å². The van der Waals surface area contributed by atoms with Crippen LogP contribution in [-0.2, 0) is 0 Å². The average molecular weight is 406 g/mol. The first-order valence-corrected chi connectivity index (χ1v) is 7.11. The van der Waals surface area contributed by atoms with E-state index < -0.39 is 0 Å². The minimum absolute atomic E-state index is 0.150. The highest BCUT2D eigenvalue weighted by atomic mass is 79.9. The average Bonchev–Trinajstić information content (AvgIpc) is 2.42. The fourth-order valence-corrected chi connectivity index (χ4v) is 2.00. The van der Waals surface area contributed by atoms with Crippen molar-refractivity contribution in [3.8, 4) is 23.0 Å². The van der Waals surface area contributed by atoms with Crippen LogP contribution in [0.2, 0.25) is 0 Å². The van der Waals surface area contributed by atoms with Crippen LogP contribution in [0.15, 0.2) is 45.3 Å². The fraction of sp³-hybridized carbons (Fsp3) is 0.143. The van der Waals surface area contributed by atoms with Crippen LogP contribution in [0.25, 0.3) is 0 Å². The number of hydrogen-bond donors (Lipinski definition) is 2. The number of benzene rings is 2. The van der Waals surface area contributed by atoms with Gasteiger partial charge in [0.25, 0.3) is 0 Å². The Balaban J connectivity index is 0.000000200. The lowest BCUT2D eigenvalue weighted by molar-refractivity contribution is 0.373. The van der Waals surface area contributed by atoms with Gasteiger partial charge in [0.1, 0.15) is 0 Å². The summed E-state index contributed by atoms with van der Waals surface area (Å²) in [6, 6.07) is 10.1. The van der Waals surface area contributed by atoms with Crippen LogP contribution < -0.4 is 9.47 Å². The molecule has 2 aromatic rings. The number of halogens is 2. The Hall–Kier alpha value is -1.40. The van der Waals surface area contributed by atoms with Crippen molar-refractivity contribution in [3.63, 3.8) is 0 Å². The summed E-state index contributed by atoms with van der Waals surface area (Å²) in [5, 5.41) is 18.2. The summed E-state index contributed by atoms with van der Waals surface area (Å²) in [5.74, 6) is 1.28. The van der Waals surface area contributed by atoms with Gasteiger partial charge in [0.15, 0.2) is 23.0 Å². The van der Waals surface area contributed by atoms with Gasteiger partial charge >= 0.3 is 0 Å². The van der Waals surface area contributed by atoms with Crippen LogP contribution in [0.1, 0.15) is 0 Å². The van der Waals surface area contributed by atoms with E-state index in [4.69, 9.17) is 19.7 Å². The summed E-state index contributed by atoms with van der Waals surface area (Å²) >= 11 is 6.46. The summed E-state index contributed by atoms with van der Waals surface area (Å²) in [6.45, 7) is 0. The summed E-state index contributed by atoms with van der Waals surface area (Å²) < 4.78 is 11.4. The number of phenols is 2. The number of phenolic OH excluding ortho intramolecular Hbond substituents is 2. The SMILES string of the molecule is COc1cc(Br)ccc1O.COc1ccc(Br)cc1O. The molecule has 0 spiro atoms. The summed E-state index contributed by atoms with van der Waals surface area (Å²) in [5.41, 5.74) is 0. The highest BCUT2D eigenvalue weighted by molar-refractivity contribution is 9.10. The zero-order valence-electron chi connectivity index (χ0n) is 10.9. The molecule has 0 amide bonds. The molecule has 2 N–H and O–H groups in total. The molecule has 0 aromatic heterocycles. The Bertz CT molecular complexity index is 573. The van der Waals surface area contributed by atoms with E-state index in [0.29, 0.717) is 11.5 Å². The maximum Gasteiger partial charge on any atom is 0.161 e. The number of aromatic hydroxyl groups is 2. The summed E-state index contributed by atoms with van der Waals surface area (Å²) in [6.07, 6.45) is 0. The lowest BCUT2D eigenvalue weighted by Crippen LogP contribution is -1.82. The smallest absolute Gasteiger partial charge is 0.161 e. The molecular weight excluding hydrogens is 392 g/mol. The molecule has 4 nitrogen and oxygen atoms in total. The highest BCUT2D eigenvalue weighted by Gasteiger charge is 1.99. The maximum absolute atomic E-state index is 9.14. The van der Waals surface area contributed by atoms with Crippen LogP contribution in [0, 0.1) is 0 Å². The minimum Gasteiger partial charge on any atom is -0.504 e. The van der Waals surface area contributed by atoms with Gasteiger partial charge in [-0.15, -0.1) is 0 Å². The van der Waals surface area contributed by atoms with E-state index in [2.05, 4.69) is 31.9 Å². The molecule has 0 aliphatic rings. The lowest BCUT2D eigenvalue weighted by Gasteiger charge is -2.01. The molecule has 0 saturated heterocycles. The van der Waals surface area contributed by atoms with E-state index in [9.17, 15) is 0 Å². The van der Waals surface area contributed by atoms with Crippen molar-refractivity contribution >= 4 is 31.9 Å². The van der Waals surface area contributed by atoms with Gasteiger partial charge in [0.2, 0.25) is 0 Å². The number of hydrogen-bond acceptors (Lipinski definition) is 4. The van der Waals surface area contributed by atoms with Crippen molar-refractivity contribution < 1.29 is 19.7 Å². The van der Waals surface area contributed by atoms with E-state index in [1.54, 1.807) is 36.4 Å². The second-order valence-electron chi connectivity index (χ2n) is 3.63. The maximum atomic E-state index is 9.14. The molecule has 0 bridgehead atoms. The second-order valence-corrected chi connectivity index (χ2v) is 5.46. The summed E-state index contributed by atoms with van der Waals surface area (Å²) in [7, 11) is 3.03. The van der Waals surface area contributed by atoms with Gasteiger partial charge in [-0.3, -0.25) is 0 Å². The van der Waals surface area contributed by atoms with Crippen molar-refractivity contribution in [2.45, 2.75) is 0 Å². The van der Waals surface area contributed by atoms with Crippen LogP contribution >= 0.6 is 31.9 Å². The van der Waals surface area contributed by atoms with E-state index >= 15 is 0 Å². The van der Waals surface area contributed by atoms with Crippen LogP contribution in [-0.4, -0.2) is 24.4 Å². The molecule has 0 atom stereocenters. The Labute approximate surface area is 134 Å². The van der Waals surface area contributed by atoms with Crippen molar-refractivity contribution in [1.82, 2.24) is 0 Å². The van der Waals surface area contributed by atoms with Crippen molar-refractivity contribution in [2.24, 2.45) is 0 Å². The molecule has 0 heterocycles. The third-order valence-corrected chi connectivity index (χ3v) is 3.27. The molecular formula is C14H14Br2O4. The molecule has 20 heavy (non-hydrogen) atoms. The standard InChI is InChI=1S/2C7H7BrO2/c1-10-7-3-2-5(8)4-6(7)9;1-10-7-4-5(8)2-3-6(7)9/h2*2-4,9H,1H3. The Kier molecular flexibility index (Phi) is 6.67. The van der Waals surface area contributed by atoms with Gasteiger partial charge in [-0.1, -0.05) is 31.9 Å². The number of rotatable bonds is 2. The Morgan fingerprint density at radius 1 is 0.750 bits per heavy atom. The zero-order valence-corrected chi connectivity index (χ0v) is 14.1. The topological polar surface area (TPSA) is 58.9 Å². The lowest BCUT2D eigenvalue weighted by atomic mass is 10.3. The fourth-order valence-electron chi connectivity index (χ4n) is 1.31. The monoisotopic (exact) mass is 404 g/mol. The molecule has 108 valence electrons. The van der Waals surface area contributed by atoms with Crippen LogP contribution in [0.5, 0.6) is 23.0 Å². The number of ether oxygens (including phenoxy) is 2. The number of methoxy groups -OCH3 is 2. The first-order valence-electron chi connectivity index (χ1n) is 5.53. The quantitative estimate of drug-likeness (QED) is 0.780. The molecule has 0 unspecified atom stereocenters. The minimum atomic E-state index is 0.150. The van der Waals surface area contributed by atoms with E-state index in [1.807, 2.05) is 0 Å². The van der Waals surface area contributed by atoms with Crippen LogP contribution in [0.3, 0.4) is 0 Å². The molecule has 0 radical (unpaired) electrons. The highest BCUT2D eigenvalue weighted by Crippen LogP contribution is 2.29. The molecule has 2 rings (SSSR count). The molecule has 0 fully saturated rings. The van der Waals surface area contributed by atoms with Gasteiger partial charge in [0, 0.05) is 8.95 Å². The van der Waals surface area contributed by atoms with Gasteiger partial charge in [0.05, 0.1) is 14.2 Å². The van der Waals surface area contributed by atoms with Gasteiger partial charge < -0.3 is 19.7 Å². The van der Waals surface area contributed by atoms with Crippen LogP contribution in [0.4, 0.5) is 0 Å². The third kappa shape index (κ3) is 4.94. The van der Waals surface area contributed by atoms with Gasteiger partial charge in [-0.2, -0.15) is 0 Å². The first-order chi connectivity index (χ1) is 9.47. The van der Waals surface area contributed by atoms with E-state index in [-0.39, 0.29) is 11.5 Å². The molecule has 0 aliphatic heterocycles. The molecule has 6 heteroatoms. The second kappa shape index (κ2) is 8.01.